The molecule has 1 N–H and O–H groups in total. The first kappa shape index (κ1) is 12.4. The van der Waals surface area contributed by atoms with Gasteiger partial charge in [0.2, 0.25) is 5.82 Å². The molecule has 1 aromatic heterocycles. The third-order valence-electron chi connectivity index (χ3n) is 6.06. The first-order chi connectivity index (χ1) is 9.54. The predicted molar refractivity (Wildman–Crippen MR) is 74.7 cm³/mol. The highest BCUT2D eigenvalue weighted by atomic mass is 16.4. The van der Waals surface area contributed by atoms with Gasteiger partial charge in [0.1, 0.15) is 0 Å². The second kappa shape index (κ2) is 4.09. The van der Waals surface area contributed by atoms with Crippen LogP contribution in [0.25, 0.3) is 0 Å². The van der Waals surface area contributed by atoms with Crippen LogP contribution in [0.1, 0.15) is 60.0 Å². The normalized spacial score (nSPS) is 38.4. The van der Waals surface area contributed by atoms with E-state index in [2.05, 4.69) is 4.98 Å². The van der Waals surface area contributed by atoms with Crippen molar-refractivity contribution in [3.05, 3.63) is 17.2 Å². The molecule has 4 saturated carbocycles. The van der Waals surface area contributed by atoms with E-state index >= 15 is 0 Å². The highest BCUT2D eigenvalue weighted by Gasteiger charge is 2.50. The van der Waals surface area contributed by atoms with E-state index in [1.807, 2.05) is 18.5 Å². The van der Waals surface area contributed by atoms with Crippen LogP contribution in [-0.2, 0) is 7.05 Å². The Kier molecular flexibility index (Phi) is 2.54. The van der Waals surface area contributed by atoms with Crippen LogP contribution in [0.2, 0.25) is 0 Å². The van der Waals surface area contributed by atoms with Crippen LogP contribution < -0.4 is 0 Å². The van der Waals surface area contributed by atoms with Gasteiger partial charge in [0.05, 0.1) is 5.69 Å². The maximum absolute atomic E-state index is 11.3. The summed E-state index contributed by atoms with van der Waals surface area (Å²) in [7, 11) is 1.88. The summed E-state index contributed by atoms with van der Waals surface area (Å²) in [6.07, 6.45) is 6.86. The molecule has 1 aromatic rings. The molecular formula is C16H22N2O2. The number of carboxylic acid groups (broad SMARTS) is 1. The Morgan fingerprint density at radius 1 is 1.15 bits per heavy atom. The zero-order valence-corrected chi connectivity index (χ0v) is 12.2. The van der Waals surface area contributed by atoms with Crippen molar-refractivity contribution in [3.8, 4) is 0 Å². The van der Waals surface area contributed by atoms with Gasteiger partial charge in [-0.1, -0.05) is 0 Å². The number of aromatic carboxylic acids is 1. The van der Waals surface area contributed by atoms with Gasteiger partial charge in [-0.05, 0) is 62.7 Å². The smallest absolute Gasteiger partial charge is 0.372 e. The molecule has 4 aliphatic rings. The SMILES string of the molecule is Cc1nc(C(=O)O)n(C)c1C1C2CC3CC(C2)CC1C3. The van der Waals surface area contributed by atoms with Gasteiger partial charge >= 0.3 is 5.97 Å². The summed E-state index contributed by atoms with van der Waals surface area (Å²) in [5, 5.41) is 9.27. The van der Waals surface area contributed by atoms with E-state index < -0.39 is 5.97 Å². The Labute approximate surface area is 119 Å². The number of carboxylic acids is 1. The molecule has 4 nitrogen and oxygen atoms in total. The Bertz CT molecular complexity index is 547. The standard InChI is InChI=1S/C16H22N2O2/c1-8-14(18(2)15(17-8)16(19)20)13-11-4-9-3-10(6-11)7-12(13)5-9/h9-13H,3-7H2,1-2H3,(H,19,20). The fourth-order valence-electron chi connectivity index (χ4n) is 5.68. The lowest BCUT2D eigenvalue weighted by Gasteiger charge is -2.54. The summed E-state index contributed by atoms with van der Waals surface area (Å²) in [6, 6.07) is 0. The number of aryl methyl sites for hydroxylation is 1. The van der Waals surface area contributed by atoms with Crippen LogP contribution in [0.5, 0.6) is 0 Å². The maximum atomic E-state index is 11.3. The number of imidazole rings is 1. The van der Waals surface area contributed by atoms with E-state index in [1.165, 1.54) is 37.8 Å². The zero-order valence-electron chi connectivity index (χ0n) is 12.2. The van der Waals surface area contributed by atoms with E-state index in [-0.39, 0.29) is 5.82 Å². The molecule has 0 radical (unpaired) electrons. The molecule has 4 aliphatic carbocycles. The van der Waals surface area contributed by atoms with E-state index in [0.717, 1.165) is 29.4 Å². The zero-order chi connectivity index (χ0) is 14.0. The lowest BCUT2D eigenvalue weighted by Crippen LogP contribution is -2.44. The third-order valence-corrected chi connectivity index (χ3v) is 6.06. The minimum atomic E-state index is -0.911. The van der Waals surface area contributed by atoms with Crippen LogP contribution in [0, 0.1) is 30.6 Å². The summed E-state index contributed by atoms with van der Waals surface area (Å²) in [5.74, 6) is 3.26. The number of hydrogen-bond donors (Lipinski definition) is 1. The molecule has 1 heterocycles. The fraction of sp³-hybridized carbons (Fsp3) is 0.750. The molecule has 0 aromatic carbocycles. The number of carbonyl (C=O) groups is 1. The van der Waals surface area contributed by atoms with Crippen LogP contribution in [0.15, 0.2) is 0 Å². The van der Waals surface area contributed by atoms with Gasteiger partial charge in [0, 0.05) is 18.7 Å². The molecule has 0 atom stereocenters. The van der Waals surface area contributed by atoms with Crippen molar-refractivity contribution in [2.75, 3.05) is 0 Å². The van der Waals surface area contributed by atoms with Gasteiger partial charge in [-0.25, -0.2) is 9.78 Å². The third kappa shape index (κ3) is 1.60. The first-order valence-electron chi connectivity index (χ1n) is 7.81. The number of aromatic nitrogens is 2. The topological polar surface area (TPSA) is 55.1 Å². The summed E-state index contributed by atoms with van der Waals surface area (Å²) < 4.78 is 1.85. The molecule has 0 unspecified atom stereocenters. The molecule has 0 saturated heterocycles. The molecule has 4 fully saturated rings. The van der Waals surface area contributed by atoms with Gasteiger partial charge in [0.15, 0.2) is 0 Å². The van der Waals surface area contributed by atoms with E-state index in [4.69, 9.17) is 0 Å². The molecule has 108 valence electrons. The van der Waals surface area contributed by atoms with Crippen molar-refractivity contribution in [3.63, 3.8) is 0 Å². The van der Waals surface area contributed by atoms with Crippen molar-refractivity contribution in [2.24, 2.45) is 30.7 Å². The van der Waals surface area contributed by atoms with Crippen LogP contribution in [-0.4, -0.2) is 20.6 Å². The lowest BCUT2D eigenvalue weighted by molar-refractivity contribution is -0.00535. The Balaban J connectivity index is 1.76. The van der Waals surface area contributed by atoms with Crippen molar-refractivity contribution in [1.82, 2.24) is 9.55 Å². The minimum Gasteiger partial charge on any atom is -0.475 e. The lowest BCUT2D eigenvalue weighted by atomic mass is 9.51. The van der Waals surface area contributed by atoms with Gasteiger partial charge in [-0.2, -0.15) is 0 Å². The molecule has 4 bridgehead atoms. The second-order valence-corrected chi connectivity index (χ2v) is 7.23. The minimum absolute atomic E-state index is 0.200. The van der Waals surface area contributed by atoms with Crippen molar-refractivity contribution >= 4 is 5.97 Å². The molecule has 0 spiro atoms. The highest BCUT2D eigenvalue weighted by Crippen LogP contribution is 2.60. The summed E-state index contributed by atoms with van der Waals surface area (Å²) >= 11 is 0. The van der Waals surface area contributed by atoms with Gasteiger partial charge in [-0.3, -0.25) is 0 Å². The molecule has 0 aliphatic heterocycles. The Hall–Kier alpha value is -1.32. The predicted octanol–water partition coefficient (Wildman–Crippen LogP) is 2.97. The largest absolute Gasteiger partial charge is 0.475 e. The van der Waals surface area contributed by atoms with Crippen molar-refractivity contribution in [2.45, 2.75) is 44.9 Å². The second-order valence-electron chi connectivity index (χ2n) is 7.23. The van der Waals surface area contributed by atoms with Crippen molar-refractivity contribution in [1.29, 1.82) is 0 Å². The molecule has 5 rings (SSSR count). The average Bonchev–Trinajstić information content (AvgIpc) is 2.65. The number of hydrogen-bond acceptors (Lipinski definition) is 2. The summed E-state index contributed by atoms with van der Waals surface area (Å²) in [4.78, 5) is 15.6. The maximum Gasteiger partial charge on any atom is 0.372 e. The molecule has 0 amide bonds. The monoisotopic (exact) mass is 274 g/mol. The fourth-order valence-corrected chi connectivity index (χ4v) is 5.68. The van der Waals surface area contributed by atoms with Gasteiger partial charge in [0.25, 0.3) is 0 Å². The van der Waals surface area contributed by atoms with E-state index in [0.29, 0.717) is 5.92 Å². The van der Waals surface area contributed by atoms with Crippen molar-refractivity contribution < 1.29 is 9.90 Å². The van der Waals surface area contributed by atoms with Crippen LogP contribution in [0.3, 0.4) is 0 Å². The number of nitrogens with zero attached hydrogens (tertiary/aromatic N) is 2. The average molecular weight is 274 g/mol. The molecular weight excluding hydrogens is 252 g/mol. The first-order valence-corrected chi connectivity index (χ1v) is 7.81. The number of rotatable bonds is 2. The van der Waals surface area contributed by atoms with Gasteiger partial charge in [-0.15, -0.1) is 0 Å². The Morgan fingerprint density at radius 2 is 1.70 bits per heavy atom. The quantitative estimate of drug-likeness (QED) is 0.902. The van der Waals surface area contributed by atoms with Crippen LogP contribution >= 0.6 is 0 Å². The van der Waals surface area contributed by atoms with E-state index in [1.54, 1.807) is 0 Å². The van der Waals surface area contributed by atoms with E-state index in [9.17, 15) is 9.90 Å². The molecule has 4 heteroatoms. The van der Waals surface area contributed by atoms with Crippen LogP contribution in [0.4, 0.5) is 0 Å². The molecule has 20 heavy (non-hydrogen) atoms. The van der Waals surface area contributed by atoms with Gasteiger partial charge < -0.3 is 9.67 Å². The highest BCUT2D eigenvalue weighted by molar-refractivity contribution is 5.83. The Morgan fingerprint density at radius 3 is 2.15 bits per heavy atom. The summed E-state index contributed by atoms with van der Waals surface area (Å²) in [5.41, 5.74) is 2.14. The summed E-state index contributed by atoms with van der Waals surface area (Å²) in [6.45, 7) is 1.98.